The lowest BCUT2D eigenvalue weighted by molar-refractivity contribution is 0.539. The summed E-state index contributed by atoms with van der Waals surface area (Å²) < 4.78 is 17.6. The second-order valence-electron chi connectivity index (χ2n) is 0.821. The van der Waals surface area contributed by atoms with Gasteiger partial charge in [0.2, 0.25) is 0 Å². The molecule has 1 rings (SSSR count). The van der Waals surface area contributed by atoms with E-state index in [1.165, 1.54) is 6.33 Å². The van der Waals surface area contributed by atoms with Crippen molar-refractivity contribution in [3.05, 3.63) is 6.33 Å². The van der Waals surface area contributed by atoms with Crippen molar-refractivity contribution in [3.63, 3.8) is 0 Å². The number of rotatable bonds is 0. The van der Waals surface area contributed by atoms with Crippen LogP contribution in [0.2, 0.25) is 0 Å². The highest BCUT2D eigenvalue weighted by Gasteiger charge is 1.58. The average Bonchev–Trinajstić information content (AvgIpc) is 2.11. The van der Waals surface area contributed by atoms with Crippen LogP contribution in [0.4, 0.5) is 0 Å². The Balaban J connectivity index is 0.000000148. The Hall–Kier alpha value is -0.860. The lowest BCUT2D eigenvalue weighted by Crippen LogP contribution is -1.97. The predicted octanol–water partition coefficient (Wildman–Crippen LogP) is -2.06. The minimum Gasteiger partial charge on any atom is -0.760 e. The van der Waals surface area contributed by atoms with E-state index in [0.29, 0.717) is 0 Å². The van der Waals surface area contributed by atoms with Crippen molar-refractivity contribution in [3.8, 4) is 0 Å². The first-order chi connectivity index (χ1) is 4.23. The molecule has 0 saturated carbocycles. The third-order valence-corrected chi connectivity index (χ3v) is 0.270. The number of hydrogen-bond acceptors (Lipinski definition) is 5. The van der Waals surface area contributed by atoms with Crippen LogP contribution in [-0.4, -0.2) is 29.4 Å². The van der Waals surface area contributed by atoms with Crippen LogP contribution in [0.15, 0.2) is 6.33 Å². The molecule has 1 aromatic rings. The summed E-state index contributed by atoms with van der Waals surface area (Å²) in [4.78, 5) is 0. The number of aromatic nitrogens is 4. The molecule has 1 aromatic heterocycles. The highest BCUT2D eigenvalue weighted by molar-refractivity contribution is 7.76. The first kappa shape index (κ1) is 8.14. The predicted molar refractivity (Wildman–Crippen MR) is 27.3 cm³/mol. The maximum Gasteiger partial charge on any atom is 0.161 e. The Bertz CT molecular complexity index is 129. The fourth-order valence-corrected chi connectivity index (χ4v) is 0.129. The second-order valence-corrected chi connectivity index (χ2v) is 1.34. The van der Waals surface area contributed by atoms with Crippen molar-refractivity contribution in [2.45, 2.75) is 0 Å². The van der Waals surface area contributed by atoms with Crippen LogP contribution in [0.25, 0.3) is 0 Å². The van der Waals surface area contributed by atoms with E-state index in [0.717, 1.165) is 0 Å². The number of nitrogens with two attached hydrogens (primary N) is 1. The largest absolute Gasteiger partial charge is 0.760 e. The molecule has 0 aromatic carbocycles. The summed E-state index contributed by atoms with van der Waals surface area (Å²) in [6.07, 6.45) is 1.33. The maximum atomic E-state index is 8.78. The molecule has 0 aliphatic heterocycles. The second kappa shape index (κ2) is 5.28. The molecule has 0 aliphatic rings. The molecular weight excluding hydrogens is 146 g/mol. The van der Waals surface area contributed by atoms with Gasteiger partial charge in [0.05, 0.1) is 0 Å². The van der Waals surface area contributed by atoms with E-state index >= 15 is 0 Å². The summed E-state index contributed by atoms with van der Waals surface area (Å²) in [7, 11) is 0. The molecule has 0 fully saturated rings. The molecule has 9 heavy (non-hydrogen) atoms. The minimum atomic E-state index is -2.36. The molecular formula is CH4N5O2S-. The van der Waals surface area contributed by atoms with Gasteiger partial charge in [-0.2, -0.15) is 5.21 Å². The molecule has 1 heterocycles. The van der Waals surface area contributed by atoms with Crippen molar-refractivity contribution in [2.75, 3.05) is 0 Å². The molecule has 0 saturated heterocycles. The van der Waals surface area contributed by atoms with Crippen LogP contribution in [-0.2, 0) is 11.3 Å². The van der Waals surface area contributed by atoms with Crippen LogP contribution in [0.5, 0.6) is 0 Å². The van der Waals surface area contributed by atoms with E-state index in [4.69, 9.17) is 8.76 Å². The number of nitrogens with one attached hydrogen (secondary N) is 1. The fraction of sp³-hybridized carbons (Fsp3) is 0. The zero-order valence-corrected chi connectivity index (χ0v) is 5.04. The molecule has 0 bridgehead atoms. The van der Waals surface area contributed by atoms with Crippen molar-refractivity contribution >= 4 is 11.3 Å². The fourth-order valence-electron chi connectivity index (χ4n) is 0.129. The summed E-state index contributed by atoms with van der Waals surface area (Å²) in [6, 6.07) is 0. The molecule has 0 radical (unpaired) electrons. The van der Waals surface area contributed by atoms with Crippen molar-refractivity contribution in [1.29, 1.82) is 0 Å². The molecule has 0 spiro atoms. The number of H-pyrrole nitrogens is 1. The van der Waals surface area contributed by atoms with Gasteiger partial charge in [0.1, 0.15) is 0 Å². The normalized spacial score (nSPS) is 11.3. The van der Waals surface area contributed by atoms with E-state index in [-0.39, 0.29) is 0 Å². The van der Waals surface area contributed by atoms with Crippen LogP contribution in [0.1, 0.15) is 0 Å². The molecule has 3 N–H and O–H groups in total. The van der Waals surface area contributed by atoms with Crippen LogP contribution >= 0.6 is 0 Å². The number of tetrazole rings is 1. The summed E-state index contributed by atoms with van der Waals surface area (Å²) in [5.41, 5.74) is 0. The monoisotopic (exact) mass is 150 g/mol. The summed E-state index contributed by atoms with van der Waals surface area (Å²) in [5.74, 6) is 0. The highest BCUT2D eigenvalue weighted by Crippen LogP contribution is 1.43. The molecule has 1 unspecified atom stereocenters. The Morgan fingerprint density at radius 3 is 2.44 bits per heavy atom. The average molecular weight is 150 g/mol. The van der Waals surface area contributed by atoms with Crippen LogP contribution < -0.4 is 5.14 Å². The SMILES string of the molecule is NS(=O)[O-].c1nn[nH]n1. The van der Waals surface area contributed by atoms with Crippen molar-refractivity contribution in [2.24, 2.45) is 5.14 Å². The molecule has 52 valence electrons. The van der Waals surface area contributed by atoms with Gasteiger partial charge in [-0.05, 0) is 0 Å². The van der Waals surface area contributed by atoms with Gasteiger partial charge in [0.25, 0.3) is 0 Å². The van der Waals surface area contributed by atoms with E-state index in [2.05, 4.69) is 25.8 Å². The molecule has 0 amide bonds. The quantitative estimate of drug-likeness (QED) is 0.412. The van der Waals surface area contributed by atoms with Crippen LogP contribution in [0.3, 0.4) is 0 Å². The zero-order chi connectivity index (χ0) is 7.11. The zero-order valence-electron chi connectivity index (χ0n) is 4.22. The molecule has 0 aliphatic carbocycles. The summed E-state index contributed by atoms with van der Waals surface area (Å²) >= 11 is -2.36. The Labute approximate surface area is 53.1 Å². The van der Waals surface area contributed by atoms with Gasteiger partial charge >= 0.3 is 0 Å². The van der Waals surface area contributed by atoms with E-state index in [1.807, 2.05) is 0 Å². The van der Waals surface area contributed by atoms with Gasteiger partial charge in [-0.15, -0.1) is 10.2 Å². The van der Waals surface area contributed by atoms with Crippen molar-refractivity contribution in [1.82, 2.24) is 20.6 Å². The summed E-state index contributed by atoms with van der Waals surface area (Å²) in [5, 5.41) is 16.2. The first-order valence-electron chi connectivity index (χ1n) is 1.73. The number of hydrogen-bond donors (Lipinski definition) is 2. The third kappa shape index (κ3) is 11.0. The van der Waals surface area contributed by atoms with E-state index in [9.17, 15) is 0 Å². The summed E-state index contributed by atoms with van der Waals surface area (Å²) in [6.45, 7) is 0. The van der Waals surface area contributed by atoms with Gasteiger partial charge in [0, 0.05) is 11.3 Å². The molecule has 1 atom stereocenters. The molecule has 8 heteroatoms. The standard InChI is InChI=1S/CH2N4.H3NO2S/c1-2-4-5-3-1;1-4(2)3/h1H,(H,2,3,4,5);1H2,(H,2,3)/p-1. The van der Waals surface area contributed by atoms with Crippen molar-refractivity contribution < 1.29 is 8.76 Å². The van der Waals surface area contributed by atoms with Gasteiger partial charge in [-0.3, -0.25) is 9.35 Å². The topological polar surface area (TPSA) is 121 Å². The minimum absolute atomic E-state index is 1.33. The Kier molecular flexibility index (Phi) is 4.78. The Morgan fingerprint density at radius 2 is 2.33 bits per heavy atom. The van der Waals surface area contributed by atoms with Gasteiger partial charge < -0.3 is 4.55 Å². The van der Waals surface area contributed by atoms with Crippen LogP contribution in [0, 0.1) is 0 Å². The third-order valence-electron chi connectivity index (χ3n) is 0.270. The molecule has 7 nitrogen and oxygen atoms in total. The lowest BCUT2D eigenvalue weighted by atomic mass is 11.4. The first-order valence-corrected chi connectivity index (χ1v) is 2.87. The number of nitrogens with zero attached hydrogens (tertiary/aromatic N) is 3. The Morgan fingerprint density at radius 1 is 1.78 bits per heavy atom. The van der Waals surface area contributed by atoms with E-state index in [1.54, 1.807) is 0 Å². The van der Waals surface area contributed by atoms with Gasteiger partial charge in [0.15, 0.2) is 6.33 Å². The lowest BCUT2D eigenvalue weighted by Gasteiger charge is -1.85. The number of aromatic amines is 1. The van der Waals surface area contributed by atoms with E-state index < -0.39 is 11.3 Å². The highest BCUT2D eigenvalue weighted by atomic mass is 32.2. The maximum absolute atomic E-state index is 8.78. The van der Waals surface area contributed by atoms with Gasteiger partial charge in [-0.1, -0.05) is 5.21 Å². The van der Waals surface area contributed by atoms with Gasteiger partial charge in [-0.25, -0.2) is 0 Å². The smallest absolute Gasteiger partial charge is 0.161 e.